The zero-order chi connectivity index (χ0) is 14.5. The average Bonchev–Trinajstić information content (AvgIpc) is 2.43. The van der Waals surface area contributed by atoms with Gasteiger partial charge in [0, 0.05) is 12.1 Å². The minimum atomic E-state index is -2.81. The monoisotopic (exact) mass is 284 g/mol. The van der Waals surface area contributed by atoms with Gasteiger partial charge in [0.2, 0.25) is 0 Å². The molecule has 0 bridgehead atoms. The lowest BCUT2D eigenvalue weighted by Gasteiger charge is -2.36. The second-order valence-electron chi connectivity index (χ2n) is 5.39. The summed E-state index contributed by atoms with van der Waals surface area (Å²) in [5.41, 5.74) is 6.64. The summed E-state index contributed by atoms with van der Waals surface area (Å²) in [4.78, 5) is 2.27. The summed E-state index contributed by atoms with van der Waals surface area (Å²) in [6.45, 7) is 1.73. The van der Waals surface area contributed by atoms with Crippen LogP contribution >= 0.6 is 0 Å². The molecule has 1 aliphatic heterocycles. The summed E-state index contributed by atoms with van der Waals surface area (Å²) >= 11 is 0. The highest BCUT2D eigenvalue weighted by molar-refractivity contribution is 5.36. The smallest absolute Gasteiger partial charge is 0.387 e. The van der Waals surface area contributed by atoms with Crippen molar-refractivity contribution in [3.05, 3.63) is 29.8 Å². The van der Waals surface area contributed by atoms with Crippen LogP contribution in [0.4, 0.5) is 8.78 Å². The van der Waals surface area contributed by atoms with Crippen LogP contribution in [0.15, 0.2) is 24.3 Å². The van der Waals surface area contributed by atoms with Gasteiger partial charge in [0.15, 0.2) is 0 Å². The molecule has 2 rings (SSSR count). The molecule has 3 nitrogen and oxygen atoms in total. The molecule has 1 saturated heterocycles. The number of nitrogens with zero attached hydrogens (tertiary/aromatic N) is 1. The fourth-order valence-corrected chi connectivity index (χ4v) is 2.77. The summed E-state index contributed by atoms with van der Waals surface area (Å²) in [6, 6.07) is 6.89. The van der Waals surface area contributed by atoms with Crippen LogP contribution in [0.1, 0.15) is 31.4 Å². The van der Waals surface area contributed by atoms with Crippen LogP contribution in [0.5, 0.6) is 5.75 Å². The van der Waals surface area contributed by atoms with Gasteiger partial charge in [-0.3, -0.25) is 4.90 Å². The molecule has 5 heteroatoms. The third-order valence-corrected chi connectivity index (χ3v) is 3.98. The molecule has 0 radical (unpaired) electrons. The van der Waals surface area contributed by atoms with E-state index in [1.165, 1.54) is 0 Å². The molecule has 0 saturated carbocycles. The van der Waals surface area contributed by atoms with Gasteiger partial charge in [-0.05, 0) is 37.9 Å². The van der Waals surface area contributed by atoms with Gasteiger partial charge in [0.25, 0.3) is 0 Å². The lowest BCUT2D eigenvalue weighted by Crippen LogP contribution is -2.39. The molecule has 1 aromatic carbocycles. The molecule has 0 aromatic heterocycles. The Balaban J connectivity index is 2.18. The molecule has 1 unspecified atom stereocenters. The summed E-state index contributed by atoms with van der Waals surface area (Å²) in [5, 5.41) is 0. The standard InChI is InChI=1S/C15H22F2N2O/c1-11-6-8-19(9-7-11)13(10-18)12-4-2-3-5-14(12)20-15(16)17/h2-5,11,13,15H,6-10,18H2,1H3. The fraction of sp³-hybridized carbons (Fsp3) is 0.600. The molecule has 0 amide bonds. The number of hydrogen-bond donors (Lipinski definition) is 1. The SMILES string of the molecule is CC1CCN(C(CN)c2ccccc2OC(F)F)CC1. The maximum atomic E-state index is 12.5. The largest absolute Gasteiger partial charge is 0.434 e. The third-order valence-electron chi connectivity index (χ3n) is 3.98. The number of likely N-dealkylation sites (tertiary alicyclic amines) is 1. The van der Waals surface area contributed by atoms with Crippen molar-refractivity contribution in [1.82, 2.24) is 4.90 Å². The van der Waals surface area contributed by atoms with Crippen molar-refractivity contribution >= 4 is 0 Å². The van der Waals surface area contributed by atoms with E-state index in [2.05, 4.69) is 16.6 Å². The fourth-order valence-electron chi connectivity index (χ4n) is 2.77. The molecule has 1 aliphatic rings. The number of hydrogen-bond acceptors (Lipinski definition) is 3. The Morgan fingerprint density at radius 3 is 2.55 bits per heavy atom. The highest BCUT2D eigenvalue weighted by Crippen LogP contribution is 2.32. The first-order valence-electron chi connectivity index (χ1n) is 7.09. The van der Waals surface area contributed by atoms with Crippen molar-refractivity contribution in [3.8, 4) is 5.75 Å². The highest BCUT2D eigenvalue weighted by Gasteiger charge is 2.26. The molecule has 1 heterocycles. The minimum Gasteiger partial charge on any atom is -0.434 e. The second-order valence-corrected chi connectivity index (χ2v) is 5.39. The van der Waals surface area contributed by atoms with Crippen molar-refractivity contribution in [2.24, 2.45) is 11.7 Å². The predicted octanol–water partition coefficient (Wildman–Crippen LogP) is 3.02. The Labute approximate surface area is 118 Å². The third kappa shape index (κ3) is 3.67. The van der Waals surface area contributed by atoms with Crippen molar-refractivity contribution in [3.63, 3.8) is 0 Å². The van der Waals surface area contributed by atoms with E-state index in [0.717, 1.165) is 37.4 Å². The normalized spacial score (nSPS) is 19.2. The summed E-state index contributed by atoms with van der Waals surface area (Å²) in [5.74, 6) is 0.953. The summed E-state index contributed by atoms with van der Waals surface area (Å²) in [6.07, 6.45) is 2.24. The summed E-state index contributed by atoms with van der Waals surface area (Å²) in [7, 11) is 0. The highest BCUT2D eigenvalue weighted by atomic mass is 19.3. The van der Waals surface area contributed by atoms with E-state index in [9.17, 15) is 8.78 Å². The van der Waals surface area contributed by atoms with Crippen LogP contribution in [-0.2, 0) is 0 Å². The Morgan fingerprint density at radius 1 is 1.30 bits per heavy atom. The number of piperidine rings is 1. The first kappa shape index (κ1) is 15.2. The average molecular weight is 284 g/mol. The molecule has 1 fully saturated rings. The molecular formula is C15H22F2N2O. The van der Waals surface area contributed by atoms with Gasteiger partial charge in [-0.1, -0.05) is 25.1 Å². The van der Waals surface area contributed by atoms with E-state index in [-0.39, 0.29) is 11.8 Å². The lowest BCUT2D eigenvalue weighted by molar-refractivity contribution is -0.0512. The Kier molecular flexibility index (Phi) is 5.31. The van der Waals surface area contributed by atoms with Crippen molar-refractivity contribution in [2.45, 2.75) is 32.4 Å². The van der Waals surface area contributed by atoms with Crippen LogP contribution in [-0.4, -0.2) is 31.1 Å². The molecule has 112 valence electrons. The van der Waals surface area contributed by atoms with Crippen molar-refractivity contribution in [2.75, 3.05) is 19.6 Å². The maximum Gasteiger partial charge on any atom is 0.387 e. The zero-order valence-electron chi connectivity index (χ0n) is 11.8. The molecule has 1 atom stereocenters. The Morgan fingerprint density at radius 2 is 1.95 bits per heavy atom. The molecule has 20 heavy (non-hydrogen) atoms. The van der Waals surface area contributed by atoms with Gasteiger partial charge in [-0.25, -0.2) is 0 Å². The van der Waals surface area contributed by atoms with Crippen LogP contribution < -0.4 is 10.5 Å². The molecular weight excluding hydrogens is 262 g/mol. The molecule has 2 N–H and O–H groups in total. The van der Waals surface area contributed by atoms with Gasteiger partial charge < -0.3 is 10.5 Å². The Hall–Kier alpha value is -1.20. The quantitative estimate of drug-likeness (QED) is 0.903. The van der Waals surface area contributed by atoms with Gasteiger partial charge >= 0.3 is 6.61 Å². The summed E-state index contributed by atoms with van der Waals surface area (Å²) < 4.78 is 29.6. The number of halogens is 2. The van der Waals surface area contributed by atoms with Crippen molar-refractivity contribution in [1.29, 1.82) is 0 Å². The lowest BCUT2D eigenvalue weighted by atomic mass is 9.95. The van der Waals surface area contributed by atoms with Gasteiger partial charge in [-0.15, -0.1) is 0 Å². The van der Waals surface area contributed by atoms with E-state index < -0.39 is 6.61 Å². The van der Waals surface area contributed by atoms with Crippen LogP contribution in [0, 0.1) is 5.92 Å². The van der Waals surface area contributed by atoms with Gasteiger partial charge in [-0.2, -0.15) is 8.78 Å². The first-order valence-corrected chi connectivity index (χ1v) is 7.09. The number of benzene rings is 1. The van der Waals surface area contributed by atoms with E-state index >= 15 is 0 Å². The van der Waals surface area contributed by atoms with Crippen LogP contribution in [0.3, 0.4) is 0 Å². The number of ether oxygens (including phenoxy) is 1. The van der Waals surface area contributed by atoms with Crippen LogP contribution in [0.2, 0.25) is 0 Å². The van der Waals surface area contributed by atoms with E-state index in [1.807, 2.05) is 12.1 Å². The van der Waals surface area contributed by atoms with Crippen molar-refractivity contribution < 1.29 is 13.5 Å². The number of nitrogens with two attached hydrogens (primary N) is 1. The zero-order valence-corrected chi connectivity index (χ0v) is 11.8. The minimum absolute atomic E-state index is 0.0579. The maximum absolute atomic E-state index is 12.5. The Bertz CT molecular complexity index is 420. The predicted molar refractivity (Wildman–Crippen MR) is 74.8 cm³/mol. The topological polar surface area (TPSA) is 38.5 Å². The van der Waals surface area contributed by atoms with E-state index in [4.69, 9.17) is 5.73 Å². The molecule has 1 aromatic rings. The van der Waals surface area contributed by atoms with E-state index in [0.29, 0.717) is 6.54 Å². The van der Waals surface area contributed by atoms with E-state index in [1.54, 1.807) is 12.1 Å². The second kappa shape index (κ2) is 6.99. The van der Waals surface area contributed by atoms with Gasteiger partial charge in [0.05, 0.1) is 6.04 Å². The molecule has 0 aliphatic carbocycles. The molecule has 0 spiro atoms. The van der Waals surface area contributed by atoms with Crippen LogP contribution in [0.25, 0.3) is 0 Å². The number of para-hydroxylation sites is 1. The first-order chi connectivity index (χ1) is 9.61. The van der Waals surface area contributed by atoms with Gasteiger partial charge in [0.1, 0.15) is 5.75 Å². The number of rotatable bonds is 5. The number of alkyl halides is 2.